The van der Waals surface area contributed by atoms with Gasteiger partial charge in [0.05, 0.1) is 0 Å². The molecule has 0 fully saturated rings. The number of esters is 3. The molecule has 0 rings (SSSR count). The van der Waals surface area contributed by atoms with E-state index in [1.54, 1.807) is 0 Å². The summed E-state index contributed by atoms with van der Waals surface area (Å²) < 4.78 is 16.8. The Bertz CT molecular complexity index is 1040. The summed E-state index contributed by atoms with van der Waals surface area (Å²) in [6.45, 7) is 6.50. The zero-order valence-corrected chi connectivity index (χ0v) is 39.0. The van der Waals surface area contributed by atoms with E-state index in [4.69, 9.17) is 14.2 Å². The van der Waals surface area contributed by atoms with E-state index in [0.717, 1.165) is 89.9 Å². The summed E-state index contributed by atoms with van der Waals surface area (Å²) in [4.78, 5) is 37.9. The van der Waals surface area contributed by atoms with Gasteiger partial charge >= 0.3 is 17.9 Å². The first-order valence-corrected chi connectivity index (χ1v) is 25.1. The van der Waals surface area contributed by atoms with Crippen molar-refractivity contribution in [3.8, 4) is 0 Å². The SMILES string of the molecule is CC/C=C\C/C=C\C/C=C\C/C=C\CCCCCC(=O)OCC(COC(=O)CCCCCCCCCCCCCC)OC(=O)CCCCCCCCCCCCCCC. The molecule has 0 spiro atoms. The fraction of sp³-hybridized carbons (Fsp3) is 0.792. The van der Waals surface area contributed by atoms with Crippen LogP contribution >= 0.6 is 0 Å². The van der Waals surface area contributed by atoms with Gasteiger partial charge in [-0.3, -0.25) is 14.4 Å². The van der Waals surface area contributed by atoms with E-state index in [-0.39, 0.29) is 31.1 Å². The van der Waals surface area contributed by atoms with Crippen molar-refractivity contribution in [3.05, 3.63) is 48.6 Å². The Kier molecular flexibility index (Phi) is 45.9. The molecule has 0 saturated carbocycles. The van der Waals surface area contributed by atoms with Gasteiger partial charge in [0.25, 0.3) is 0 Å². The molecule has 1 unspecified atom stereocenters. The molecule has 0 saturated heterocycles. The smallest absolute Gasteiger partial charge is 0.306 e. The molecule has 6 nitrogen and oxygen atoms in total. The van der Waals surface area contributed by atoms with Gasteiger partial charge in [-0.2, -0.15) is 0 Å². The van der Waals surface area contributed by atoms with E-state index in [2.05, 4.69) is 69.4 Å². The predicted molar refractivity (Wildman–Crippen MR) is 252 cm³/mol. The first-order chi connectivity index (χ1) is 29.0. The molecule has 0 aliphatic rings. The molecular weight excluding hydrogens is 733 g/mol. The van der Waals surface area contributed by atoms with Gasteiger partial charge in [-0.05, 0) is 57.8 Å². The van der Waals surface area contributed by atoms with Crippen LogP contribution in [0.2, 0.25) is 0 Å². The number of rotatable bonds is 45. The molecule has 342 valence electrons. The third-order valence-corrected chi connectivity index (χ3v) is 10.8. The number of ether oxygens (including phenoxy) is 3. The third kappa shape index (κ3) is 46.3. The molecule has 0 N–H and O–H groups in total. The highest BCUT2D eigenvalue weighted by Crippen LogP contribution is 2.15. The number of hydrogen-bond donors (Lipinski definition) is 0. The lowest BCUT2D eigenvalue weighted by Gasteiger charge is -2.18. The second-order valence-corrected chi connectivity index (χ2v) is 16.7. The van der Waals surface area contributed by atoms with E-state index < -0.39 is 6.10 Å². The highest BCUT2D eigenvalue weighted by molar-refractivity contribution is 5.71. The summed E-state index contributed by atoms with van der Waals surface area (Å²) in [5.74, 6) is -0.905. The Morgan fingerprint density at radius 3 is 1.03 bits per heavy atom. The summed E-state index contributed by atoms with van der Waals surface area (Å²) in [5, 5.41) is 0. The molecule has 0 radical (unpaired) electrons. The van der Waals surface area contributed by atoms with Crippen molar-refractivity contribution in [2.45, 2.75) is 258 Å². The van der Waals surface area contributed by atoms with Crippen molar-refractivity contribution in [1.82, 2.24) is 0 Å². The van der Waals surface area contributed by atoms with Gasteiger partial charge < -0.3 is 14.2 Å². The molecule has 0 aromatic rings. The van der Waals surface area contributed by atoms with Crippen LogP contribution < -0.4 is 0 Å². The second-order valence-electron chi connectivity index (χ2n) is 16.7. The Morgan fingerprint density at radius 1 is 0.356 bits per heavy atom. The van der Waals surface area contributed by atoms with Crippen molar-refractivity contribution in [2.24, 2.45) is 0 Å². The zero-order valence-electron chi connectivity index (χ0n) is 39.0. The second kappa shape index (κ2) is 48.0. The van der Waals surface area contributed by atoms with Crippen LogP contribution in [0, 0.1) is 0 Å². The topological polar surface area (TPSA) is 78.9 Å². The molecule has 59 heavy (non-hydrogen) atoms. The third-order valence-electron chi connectivity index (χ3n) is 10.8. The Hall–Kier alpha value is -2.63. The van der Waals surface area contributed by atoms with Crippen molar-refractivity contribution in [2.75, 3.05) is 13.2 Å². The van der Waals surface area contributed by atoms with E-state index in [0.29, 0.717) is 19.3 Å². The summed E-state index contributed by atoms with van der Waals surface area (Å²) >= 11 is 0. The van der Waals surface area contributed by atoms with E-state index >= 15 is 0 Å². The van der Waals surface area contributed by atoms with E-state index in [1.807, 2.05) is 0 Å². The summed E-state index contributed by atoms with van der Waals surface area (Å²) in [5.41, 5.74) is 0. The van der Waals surface area contributed by atoms with Gasteiger partial charge in [-0.1, -0.05) is 223 Å². The molecule has 6 heteroatoms. The van der Waals surface area contributed by atoms with Crippen LogP contribution in [0.15, 0.2) is 48.6 Å². The minimum absolute atomic E-state index is 0.0798. The number of unbranched alkanes of at least 4 members (excludes halogenated alkanes) is 26. The first kappa shape index (κ1) is 56.4. The van der Waals surface area contributed by atoms with Crippen LogP contribution in [0.4, 0.5) is 0 Å². The molecule has 0 bridgehead atoms. The molecule has 0 aromatic heterocycles. The van der Waals surface area contributed by atoms with Gasteiger partial charge in [-0.25, -0.2) is 0 Å². The molecular formula is C53H94O6. The molecule has 0 heterocycles. The number of carbonyl (C=O) groups excluding carboxylic acids is 3. The summed E-state index contributed by atoms with van der Waals surface area (Å²) in [6.07, 6.45) is 56.6. The van der Waals surface area contributed by atoms with Crippen molar-refractivity contribution in [1.29, 1.82) is 0 Å². The van der Waals surface area contributed by atoms with Crippen molar-refractivity contribution in [3.63, 3.8) is 0 Å². The molecule has 0 amide bonds. The normalized spacial score (nSPS) is 12.4. The van der Waals surface area contributed by atoms with Gasteiger partial charge in [0.2, 0.25) is 0 Å². The lowest BCUT2D eigenvalue weighted by Crippen LogP contribution is -2.30. The monoisotopic (exact) mass is 827 g/mol. The van der Waals surface area contributed by atoms with Gasteiger partial charge in [0.1, 0.15) is 13.2 Å². The maximum atomic E-state index is 12.8. The lowest BCUT2D eigenvalue weighted by atomic mass is 10.0. The van der Waals surface area contributed by atoms with Crippen LogP contribution in [0.5, 0.6) is 0 Å². The van der Waals surface area contributed by atoms with Gasteiger partial charge in [-0.15, -0.1) is 0 Å². The molecule has 1 atom stereocenters. The Morgan fingerprint density at radius 2 is 0.661 bits per heavy atom. The molecule has 0 aliphatic heterocycles. The standard InChI is InChI=1S/C53H94O6/c1-4-7-10-13-16-19-22-25-26-27-29-31-34-37-40-43-46-52(55)58-49-50(48-57-51(54)45-42-39-36-33-30-24-21-18-15-12-9-6-3)59-53(56)47-44-41-38-35-32-28-23-20-17-14-11-8-5-2/h7,10,16,19,25-26,29,31,50H,4-6,8-9,11-15,17-18,20-24,27-28,30,32-49H2,1-3H3/b10-7-,19-16-,26-25-,31-29-. The maximum absolute atomic E-state index is 12.8. The first-order valence-electron chi connectivity index (χ1n) is 25.1. The largest absolute Gasteiger partial charge is 0.462 e. The highest BCUT2D eigenvalue weighted by Gasteiger charge is 2.19. The summed E-state index contributed by atoms with van der Waals surface area (Å²) in [7, 11) is 0. The van der Waals surface area contributed by atoms with Crippen LogP contribution in [-0.2, 0) is 28.6 Å². The fourth-order valence-corrected chi connectivity index (χ4v) is 7.08. The minimum Gasteiger partial charge on any atom is -0.462 e. The van der Waals surface area contributed by atoms with E-state index in [1.165, 1.54) is 122 Å². The average Bonchev–Trinajstić information content (AvgIpc) is 3.23. The lowest BCUT2D eigenvalue weighted by molar-refractivity contribution is -0.167. The molecule has 0 aliphatic carbocycles. The van der Waals surface area contributed by atoms with Gasteiger partial charge in [0.15, 0.2) is 6.10 Å². The number of carbonyl (C=O) groups is 3. The van der Waals surface area contributed by atoms with Crippen LogP contribution in [0.3, 0.4) is 0 Å². The van der Waals surface area contributed by atoms with Crippen LogP contribution in [-0.4, -0.2) is 37.2 Å². The highest BCUT2D eigenvalue weighted by atomic mass is 16.6. The Labute approximate surface area is 365 Å². The Balaban J connectivity index is 4.41. The number of allylic oxidation sites excluding steroid dienone is 8. The average molecular weight is 827 g/mol. The van der Waals surface area contributed by atoms with Gasteiger partial charge in [0, 0.05) is 19.3 Å². The molecule has 0 aromatic carbocycles. The maximum Gasteiger partial charge on any atom is 0.306 e. The summed E-state index contributed by atoms with van der Waals surface area (Å²) in [6, 6.07) is 0. The van der Waals surface area contributed by atoms with E-state index in [9.17, 15) is 14.4 Å². The quantitative estimate of drug-likeness (QED) is 0.0263. The predicted octanol–water partition coefficient (Wildman–Crippen LogP) is 16.3. The van der Waals surface area contributed by atoms with Crippen molar-refractivity contribution < 1.29 is 28.6 Å². The zero-order chi connectivity index (χ0) is 43.0. The fourth-order valence-electron chi connectivity index (χ4n) is 7.08. The van der Waals surface area contributed by atoms with Crippen LogP contribution in [0.1, 0.15) is 252 Å². The van der Waals surface area contributed by atoms with Crippen LogP contribution in [0.25, 0.3) is 0 Å². The number of hydrogen-bond acceptors (Lipinski definition) is 6. The van der Waals surface area contributed by atoms with Crippen molar-refractivity contribution >= 4 is 17.9 Å². The minimum atomic E-state index is -0.780.